The highest BCUT2D eigenvalue weighted by atomic mass is 15.4. The number of nitrogens with two attached hydrogens (primary N) is 1. The average Bonchev–Trinajstić information content (AvgIpc) is 2.42. The monoisotopic (exact) mass is 241 g/mol. The lowest BCUT2D eigenvalue weighted by molar-refractivity contribution is 0.129. The fourth-order valence-corrected chi connectivity index (χ4v) is 2.59. The zero-order chi connectivity index (χ0) is 12.4. The van der Waals surface area contributed by atoms with Crippen molar-refractivity contribution in [3.63, 3.8) is 0 Å². The van der Waals surface area contributed by atoms with Crippen molar-refractivity contribution < 1.29 is 0 Å². The maximum atomic E-state index is 5.79. The van der Waals surface area contributed by atoms with Crippen LogP contribution in [-0.2, 0) is 6.54 Å². The average molecular weight is 241 g/mol. The molecule has 3 heteroatoms. The first-order valence-corrected chi connectivity index (χ1v) is 6.51. The van der Waals surface area contributed by atoms with Crippen molar-refractivity contribution >= 4 is 10.8 Å². The molecule has 1 heterocycles. The number of nitrogens with zero attached hydrogens (tertiary/aromatic N) is 2. The summed E-state index contributed by atoms with van der Waals surface area (Å²) in [6, 6.07) is 15.2. The van der Waals surface area contributed by atoms with Gasteiger partial charge in [-0.1, -0.05) is 42.5 Å². The molecule has 2 aromatic carbocycles. The van der Waals surface area contributed by atoms with E-state index >= 15 is 0 Å². The molecule has 0 saturated carbocycles. The Kier molecular flexibility index (Phi) is 3.28. The maximum absolute atomic E-state index is 5.79. The molecule has 3 nitrogen and oxygen atoms in total. The highest BCUT2D eigenvalue weighted by Gasteiger charge is 2.14. The molecule has 0 atom stereocenters. The second kappa shape index (κ2) is 5.06. The summed E-state index contributed by atoms with van der Waals surface area (Å²) >= 11 is 0. The minimum atomic E-state index is 0.963. The van der Waals surface area contributed by atoms with E-state index in [2.05, 4.69) is 47.4 Å². The predicted octanol–water partition coefficient (Wildman–Crippen LogP) is 1.83. The van der Waals surface area contributed by atoms with Gasteiger partial charge in [-0.2, -0.15) is 0 Å². The highest BCUT2D eigenvalue weighted by Crippen LogP contribution is 2.20. The van der Waals surface area contributed by atoms with E-state index in [-0.39, 0.29) is 0 Å². The third-order valence-corrected chi connectivity index (χ3v) is 3.68. The minimum Gasteiger partial charge on any atom is -0.296 e. The van der Waals surface area contributed by atoms with Crippen molar-refractivity contribution in [3.05, 3.63) is 48.0 Å². The zero-order valence-electron chi connectivity index (χ0n) is 10.5. The van der Waals surface area contributed by atoms with Gasteiger partial charge in [-0.05, 0) is 16.3 Å². The second-order valence-electron chi connectivity index (χ2n) is 4.95. The van der Waals surface area contributed by atoms with Gasteiger partial charge in [0.2, 0.25) is 0 Å². The summed E-state index contributed by atoms with van der Waals surface area (Å²) in [6.45, 7) is 5.06. The largest absolute Gasteiger partial charge is 0.296 e. The number of fused-ring (bicyclic) bond motifs is 1. The van der Waals surface area contributed by atoms with Gasteiger partial charge in [0, 0.05) is 32.7 Å². The maximum Gasteiger partial charge on any atom is 0.0257 e. The molecule has 0 radical (unpaired) electrons. The normalized spacial score (nSPS) is 18.3. The van der Waals surface area contributed by atoms with Gasteiger partial charge in [0.05, 0.1) is 0 Å². The summed E-state index contributed by atoms with van der Waals surface area (Å²) < 4.78 is 0. The number of hydrazine groups is 1. The Morgan fingerprint density at radius 1 is 0.889 bits per heavy atom. The molecule has 18 heavy (non-hydrogen) atoms. The fourth-order valence-electron chi connectivity index (χ4n) is 2.59. The molecule has 94 valence electrons. The number of hydrogen-bond acceptors (Lipinski definition) is 3. The third kappa shape index (κ3) is 2.38. The number of rotatable bonds is 2. The summed E-state index contributed by atoms with van der Waals surface area (Å²) in [6.07, 6.45) is 0. The van der Waals surface area contributed by atoms with Crippen LogP contribution in [0.1, 0.15) is 5.56 Å². The Labute approximate surface area is 108 Å². The second-order valence-corrected chi connectivity index (χ2v) is 4.95. The minimum absolute atomic E-state index is 0.963. The van der Waals surface area contributed by atoms with Crippen LogP contribution in [0.15, 0.2) is 42.5 Å². The van der Waals surface area contributed by atoms with Gasteiger partial charge in [-0.25, -0.2) is 5.01 Å². The van der Waals surface area contributed by atoms with Gasteiger partial charge >= 0.3 is 0 Å². The lowest BCUT2D eigenvalue weighted by atomic mass is 10.0. The van der Waals surface area contributed by atoms with E-state index in [4.69, 9.17) is 5.84 Å². The lowest BCUT2D eigenvalue weighted by Crippen LogP contribution is -2.48. The summed E-state index contributed by atoms with van der Waals surface area (Å²) in [7, 11) is 0. The van der Waals surface area contributed by atoms with Gasteiger partial charge < -0.3 is 0 Å². The van der Waals surface area contributed by atoms with E-state index in [0.717, 1.165) is 32.7 Å². The smallest absolute Gasteiger partial charge is 0.0257 e. The van der Waals surface area contributed by atoms with Crippen LogP contribution in [0.4, 0.5) is 0 Å². The predicted molar refractivity (Wildman–Crippen MR) is 75.0 cm³/mol. The molecule has 0 amide bonds. The first-order valence-electron chi connectivity index (χ1n) is 6.51. The Balaban J connectivity index is 1.82. The molecule has 0 unspecified atom stereocenters. The topological polar surface area (TPSA) is 32.5 Å². The summed E-state index contributed by atoms with van der Waals surface area (Å²) in [4.78, 5) is 2.48. The molecule has 3 rings (SSSR count). The van der Waals surface area contributed by atoms with Gasteiger partial charge in [0.15, 0.2) is 0 Å². The molecule has 0 spiro atoms. The standard InChI is InChI=1S/C15H19N3/c16-18-10-8-17(9-11-18)12-14-6-3-5-13-4-1-2-7-15(13)14/h1-7H,8-12,16H2. The molecule has 1 aliphatic heterocycles. The molecule has 0 bridgehead atoms. The number of benzene rings is 2. The summed E-state index contributed by atoms with van der Waals surface area (Å²) in [5, 5.41) is 4.60. The molecule has 0 aliphatic carbocycles. The van der Waals surface area contributed by atoms with Gasteiger partial charge in [0.1, 0.15) is 0 Å². The fraction of sp³-hybridized carbons (Fsp3) is 0.333. The SMILES string of the molecule is NN1CCN(Cc2cccc3ccccc23)CC1. The van der Waals surface area contributed by atoms with Gasteiger partial charge in [-0.15, -0.1) is 0 Å². The van der Waals surface area contributed by atoms with Crippen LogP contribution in [0.3, 0.4) is 0 Å². The molecule has 0 aromatic heterocycles. The van der Waals surface area contributed by atoms with Crippen LogP contribution in [0.2, 0.25) is 0 Å². The van der Waals surface area contributed by atoms with Crippen LogP contribution in [0, 0.1) is 0 Å². The molecular weight excluding hydrogens is 222 g/mol. The van der Waals surface area contributed by atoms with Crippen LogP contribution >= 0.6 is 0 Å². The Hall–Kier alpha value is -1.42. The van der Waals surface area contributed by atoms with E-state index in [0.29, 0.717) is 0 Å². The zero-order valence-corrected chi connectivity index (χ0v) is 10.5. The van der Waals surface area contributed by atoms with E-state index in [9.17, 15) is 0 Å². The van der Waals surface area contributed by atoms with Crippen molar-refractivity contribution in [2.75, 3.05) is 26.2 Å². The molecule has 1 fully saturated rings. The number of piperazine rings is 1. The Morgan fingerprint density at radius 3 is 2.44 bits per heavy atom. The molecule has 1 aliphatic rings. The van der Waals surface area contributed by atoms with Crippen molar-refractivity contribution in [3.8, 4) is 0 Å². The van der Waals surface area contributed by atoms with Crippen LogP contribution in [0.5, 0.6) is 0 Å². The number of hydrogen-bond donors (Lipinski definition) is 1. The van der Waals surface area contributed by atoms with Crippen LogP contribution in [-0.4, -0.2) is 36.1 Å². The van der Waals surface area contributed by atoms with Gasteiger partial charge in [0.25, 0.3) is 0 Å². The Bertz CT molecular complexity index is 525. The quantitative estimate of drug-likeness (QED) is 0.814. The summed E-state index contributed by atoms with van der Waals surface area (Å²) in [5.41, 5.74) is 1.42. The highest BCUT2D eigenvalue weighted by molar-refractivity contribution is 5.85. The lowest BCUT2D eigenvalue weighted by Gasteiger charge is -2.32. The van der Waals surface area contributed by atoms with E-state index in [1.807, 2.05) is 5.01 Å². The van der Waals surface area contributed by atoms with Crippen molar-refractivity contribution in [1.29, 1.82) is 0 Å². The summed E-state index contributed by atoms with van der Waals surface area (Å²) in [5.74, 6) is 5.79. The molecular formula is C15H19N3. The van der Waals surface area contributed by atoms with Gasteiger partial charge in [-0.3, -0.25) is 10.7 Å². The van der Waals surface area contributed by atoms with Crippen LogP contribution < -0.4 is 5.84 Å². The van der Waals surface area contributed by atoms with E-state index in [1.54, 1.807) is 0 Å². The van der Waals surface area contributed by atoms with Crippen molar-refractivity contribution in [2.24, 2.45) is 5.84 Å². The van der Waals surface area contributed by atoms with E-state index < -0.39 is 0 Å². The molecule has 1 saturated heterocycles. The van der Waals surface area contributed by atoms with E-state index in [1.165, 1.54) is 16.3 Å². The third-order valence-electron chi connectivity index (χ3n) is 3.68. The first-order chi connectivity index (χ1) is 8.83. The molecule has 2 N–H and O–H groups in total. The van der Waals surface area contributed by atoms with Crippen molar-refractivity contribution in [1.82, 2.24) is 9.91 Å². The first kappa shape index (κ1) is 11.7. The van der Waals surface area contributed by atoms with Crippen molar-refractivity contribution in [2.45, 2.75) is 6.54 Å². The van der Waals surface area contributed by atoms with Crippen LogP contribution in [0.25, 0.3) is 10.8 Å². The molecule has 2 aromatic rings. The Morgan fingerprint density at radius 2 is 1.61 bits per heavy atom.